The number of amides is 1. The van der Waals surface area contributed by atoms with E-state index in [4.69, 9.17) is 9.05 Å². The molecule has 0 radical (unpaired) electrons. The number of carbonyl (C=O) groups excluding carboxylic acids is 1. The summed E-state index contributed by atoms with van der Waals surface area (Å²) in [5, 5.41) is 14.0. The monoisotopic (exact) mass is 958 g/mol. The first-order valence-electron chi connectivity index (χ1n) is 27.5. The fourth-order valence-electron chi connectivity index (χ4n) is 7.61. The summed E-state index contributed by atoms with van der Waals surface area (Å²) >= 11 is 0. The molecule has 0 aliphatic rings. The maximum atomic E-state index is 12.9. The van der Waals surface area contributed by atoms with Crippen LogP contribution in [0.1, 0.15) is 226 Å². The Balaban J connectivity index is 4.01. The zero-order chi connectivity index (χ0) is 49.2. The Morgan fingerprint density at radius 3 is 1.31 bits per heavy atom. The molecule has 67 heavy (non-hydrogen) atoms. The van der Waals surface area contributed by atoms with Crippen molar-refractivity contribution < 1.29 is 32.9 Å². The van der Waals surface area contributed by atoms with Crippen LogP contribution in [0.2, 0.25) is 0 Å². The van der Waals surface area contributed by atoms with Gasteiger partial charge >= 0.3 is 7.82 Å². The fourth-order valence-corrected chi connectivity index (χ4v) is 8.35. The van der Waals surface area contributed by atoms with Crippen molar-refractivity contribution in [3.8, 4) is 0 Å². The maximum absolute atomic E-state index is 12.9. The van der Waals surface area contributed by atoms with Crippen molar-refractivity contribution in [3.05, 3.63) is 85.1 Å². The summed E-state index contributed by atoms with van der Waals surface area (Å²) in [5.41, 5.74) is 0. The summed E-state index contributed by atoms with van der Waals surface area (Å²) in [6.07, 6.45) is 67.9. The highest BCUT2D eigenvalue weighted by Gasteiger charge is 2.28. The van der Waals surface area contributed by atoms with Gasteiger partial charge in [-0.1, -0.05) is 234 Å². The molecule has 0 fully saturated rings. The highest BCUT2D eigenvalue weighted by Crippen LogP contribution is 2.43. The lowest BCUT2D eigenvalue weighted by Gasteiger charge is -2.26. The SMILES string of the molecule is CC/C=C\C/C=C\C/C=C\C/C=C\C/C=C\C/C=C\C/C=C\CCCCCCCCCCCCCCCC(=O)NC(COP(=O)(O)OCC[N+](C)(C)C)C(O)CCCCCCCCCCCC. The minimum absolute atomic E-state index is 0.0717. The first-order valence-corrected chi connectivity index (χ1v) is 28.9. The molecule has 3 unspecified atom stereocenters. The topological polar surface area (TPSA) is 105 Å². The van der Waals surface area contributed by atoms with E-state index in [-0.39, 0.29) is 19.1 Å². The molecular weight excluding hydrogens is 852 g/mol. The number of rotatable bonds is 49. The predicted octanol–water partition coefficient (Wildman–Crippen LogP) is 16.5. The maximum Gasteiger partial charge on any atom is 0.472 e. The van der Waals surface area contributed by atoms with E-state index in [1.165, 1.54) is 116 Å². The smallest absolute Gasteiger partial charge is 0.391 e. The van der Waals surface area contributed by atoms with Gasteiger partial charge in [0.15, 0.2) is 0 Å². The van der Waals surface area contributed by atoms with E-state index >= 15 is 0 Å². The van der Waals surface area contributed by atoms with E-state index in [2.05, 4.69) is 104 Å². The summed E-state index contributed by atoms with van der Waals surface area (Å²) in [6, 6.07) is -0.763. The molecule has 0 spiro atoms. The molecule has 0 saturated carbocycles. The Hall–Kier alpha value is -2.32. The Bertz CT molecular complexity index is 1360. The van der Waals surface area contributed by atoms with Gasteiger partial charge in [-0.15, -0.1) is 0 Å². The number of allylic oxidation sites excluding steroid dienone is 14. The van der Waals surface area contributed by atoms with Gasteiger partial charge in [0.05, 0.1) is 39.9 Å². The molecule has 0 aliphatic heterocycles. The molecule has 1 amide bonds. The summed E-state index contributed by atoms with van der Waals surface area (Å²) < 4.78 is 23.7. The predicted molar refractivity (Wildman–Crippen MR) is 290 cm³/mol. The number of unbranched alkanes of at least 4 members (excludes halogenated alkanes) is 22. The lowest BCUT2D eigenvalue weighted by atomic mass is 10.0. The van der Waals surface area contributed by atoms with Crippen LogP contribution >= 0.6 is 7.82 Å². The third-order valence-electron chi connectivity index (χ3n) is 11.9. The van der Waals surface area contributed by atoms with Gasteiger partial charge in [0.2, 0.25) is 5.91 Å². The van der Waals surface area contributed by atoms with E-state index in [0.29, 0.717) is 23.9 Å². The number of phosphoric acid groups is 1. The molecule has 0 aromatic carbocycles. The lowest BCUT2D eigenvalue weighted by Crippen LogP contribution is -2.46. The molecule has 0 aromatic rings. The van der Waals surface area contributed by atoms with Crippen LogP contribution in [0.15, 0.2) is 85.1 Å². The van der Waals surface area contributed by atoms with Crippen LogP contribution < -0.4 is 5.32 Å². The second-order valence-electron chi connectivity index (χ2n) is 19.6. The zero-order valence-corrected chi connectivity index (χ0v) is 45.0. The number of likely N-dealkylation sites (N-methyl/N-ethyl adjacent to an activating group) is 1. The molecule has 388 valence electrons. The summed E-state index contributed by atoms with van der Waals surface area (Å²) in [6.45, 7) is 4.75. The molecule has 3 atom stereocenters. The van der Waals surface area contributed by atoms with Crippen molar-refractivity contribution >= 4 is 13.7 Å². The minimum Gasteiger partial charge on any atom is -0.391 e. The third kappa shape index (κ3) is 51.4. The average molecular weight is 958 g/mol. The molecule has 0 bridgehead atoms. The lowest BCUT2D eigenvalue weighted by molar-refractivity contribution is -0.870. The van der Waals surface area contributed by atoms with Crippen molar-refractivity contribution in [2.24, 2.45) is 0 Å². The van der Waals surface area contributed by atoms with Crippen molar-refractivity contribution in [1.82, 2.24) is 5.32 Å². The van der Waals surface area contributed by atoms with Crippen LogP contribution in [0.3, 0.4) is 0 Å². The number of carbonyl (C=O) groups is 1. The van der Waals surface area contributed by atoms with E-state index < -0.39 is 20.0 Å². The fraction of sp³-hybridized carbons (Fsp3) is 0.741. The summed E-state index contributed by atoms with van der Waals surface area (Å²) in [7, 11) is 1.61. The number of nitrogens with zero attached hydrogens (tertiary/aromatic N) is 1. The molecule has 0 heterocycles. The number of phosphoric ester groups is 1. The van der Waals surface area contributed by atoms with E-state index in [0.717, 1.165) is 83.5 Å². The largest absolute Gasteiger partial charge is 0.472 e. The van der Waals surface area contributed by atoms with Gasteiger partial charge in [-0.25, -0.2) is 4.57 Å². The first kappa shape index (κ1) is 64.7. The minimum atomic E-state index is -4.32. The summed E-state index contributed by atoms with van der Waals surface area (Å²) in [5.74, 6) is -0.150. The molecular formula is C58H106N2O6P+. The molecule has 0 aromatic heterocycles. The van der Waals surface area contributed by atoms with Crippen LogP contribution in [0.5, 0.6) is 0 Å². The number of aliphatic hydroxyl groups excluding tert-OH is 1. The van der Waals surface area contributed by atoms with Gasteiger partial charge in [-0.3, -0.25) is 13.8 Å². The second-order valence-corrected chi connectivity index (χ2v) is 21.0. The Kier molecular flexibility index (Phi) is 47.0. The molecule has 3 N–H and O–H groups in total. The van der Waals surface area contributed by atoms with Gasteiger partial charge in [0.1, 0.15) is 13.2 Å². The highest BCUT2D eigenvalue weighted by molar-refractivity contribution is 7.47. The van der Waals surface area contributed by atoms with Gasteiger partial charge < -0.3 is 19.8 Å². The standard InChI is InChI=1S/C58H105N2O6P/c1-6-8-10-12-14-16-18-19-20-21-22-23-24-25-26-27-28-29-30-31-32-33-34-35-36-37-38-39-40-41-42-44-46-48-50-52-58(62)59-56(55-66-67(63,64)65-54-53-60(3,4)5)57(61)51-49-47-45-43-17-15-13-11-9-7-2/h8,10,14,16,19-20,22-23,25-26,28-29,31-32,56-57,61H,6-7,9,11-13,15,17-18,21,24,27,30,33-55H2,1-5H3,(H-,59,62,63,64)/p+1/b10-8-,16-14-,20-19-,23-22-,26-25-,29-28-,32-31-. The molecule has 0 aliphatic carbocycles. The van der Waals surface area contributed by atoms with Crippen LogP contribution in [-0.4, -0.2) is 73.4 Å². The quantitative estimate of drug-likeness (QED) is 0.0243. The van der Waals surface area contributed by atoms with E-state index in [9.17, 15) is 19.4 Å². The zero-order valence-electron chi connectivity index (χ0n) is 44.1. The van der Waals surface area contributed by atoms with Crippen molar-refractivity contribution in [2.75, 3.05) is 40.9 Å². The molecule has 0 rings (SSSR count). The number of hydrogen-bond acceptors (Lipinski definition) is 5. The Labute approximate surface area is 414 Å². The first-order chi connectivity index (χ1) is 32.5. The Morgan fingerprint density at radius 1 is 0.522 bits per heavy atom. The third-order valence-corrected chi connectivity index (χ3v) is 12.9. The molecule has 8 nitrogen and oxygen atoms in total. The van der Waals surface area contributed by atoms with Crippen molar-refractivity contribution in [1.29, 1.82) is 0 Å². The van der Waals surface area contributed by atoms with E-state index in [1.54, 1.807) is 0 Å². The van der Waals surface area contributed by atoms with Gasteiger partial charge in [0, 0.05) is 6.42 Å². The highest BCUT2D eigenvalue weighted by atomic mass is 31.2. The second kappa shape index (κ2) is 48.7. The van der Waals surface area contributed by atoms with Crippen molar-refractivity contribution in [3.63, 3.8) is 0 Å². The summed E-state index contributed by atoms with van der Waals surface area (Å²) in [4.78, 5) is 23.2. The van der Waals surface area contributed by atoms with Crippen LogP contribution in [-0.2, 0) is 18.4 Å². The van der Waals surface area contributed by atoms with Gasteiger partial charge in [0.25, 0.3) is 0 Å². The Morgan fingerprint density at radius 2 is 0.896 bits per heavy atom. The molecule has 0 saturated heterocycles. The number of hydrogen-bond donors (Lipinski definition) is 3. The van der Waals surface area contributed by atoms with Crippen LogP contribution in [0.25, 0.3) is 0 Å². The van der Waals surface area contributed by atoms with Gasteiger partial charge in [-0.05, 0) is 70.6 Å². The molecule has 9 heteroatoms. The van der Waals surface area contributed by atoms with Crippen LogP contribution in [0.4, 0.5) is 0 Å². The number of quaternary nitrogens is 1. The number of aliphatic hydroxyl groups is 1. The van der Waals surface area contributed by atoms with E-state index in [1.807, 2.05) is 21.1 Å². The van der Waals surface area contributed by atoms with Gasteiger partial charge in [-0.2, -0.15) is 0 Å². The van der Waals surface area contributed by atoms with Crippen LogP contribution in [0, 0.1) is 0 Å². The van der Waals surface area contributed by atoms with Crippen molar-refractivity contribution in [2.45, 2.75) is 238 Å². The average Bonchev–Trinajstić information content (AvgIpc) is 3.29. The normalized spacial score (nSPS) is 14.7. The number of nitrogens with one attached hydrogen (secondary N) is 1.